The van der Waals surface area contributed by atoms with Crippen LogP contribution < -0.4 is 5.32 Å². The Balaban J connectivity index is 1.48. The fourth-order valence-electron chi connectivity index (χ4n) is 7.32. The first-order valence-electron chi connectivity index (χ1n) is 15.5. The van der Waals surface area contributed by atoms with Crippen LogP contribution in [0.2, 0.25) is 0 Å². The third-order valence-electron chi connectivity index (χ3n) is 9.24. The number of para-hydroxylation sites is 1. The lowest BCUT2D eigenvalue weighted by Gasteiger charge is -2.25. The normalized spacial score (nSPS) is 15.7. The minimum atomic E-state index is -0.893. The van der Waals surface area contributed by atoms with Gasteiger partial charge in [0.2, 0.25) is 0 Å². The molecule has 0 radical (unpaired) electrons. The van der Waals surface area contributed by atoms with Crippen molar-refractivity contribution >= 4 is 33.7 Å². The van der Waals surface area contributed by atoms with Crippen molar-refractivity contribution in [3.63, 3.8) is 0 Å². The Hall–Kier alpha value is -3.58. The van der Waals surface area contributed by atoms with Crippen LogP contribution in [0.4, 0.5) is 0 Å². The highest BCUT2D eigenvalue weighted by Crippen LogP contribution is 2.46. The molecule has 0 saturated heterocycles. The van der Waals surface area contributed by atoms with Crippen molar-refractivity contribution in [3.8, 4) is 11.3 Å². The van der Waals surface area contributed by atoms with E-state index in [2.05, 4.69) is 57.5 Å². The summed E-state index contributed by atoms with van der Waals surface area (Å²) in [6.45, 7) is 9.37. The molecule has 216 valence electrons. The zero-order chi connectivity index (χ0) is 28.5. The summed E-state index contributed by atoms with van der Waals surface area (Å²) in [5, 5.41) is 15.2. The number of amides is 1. The second-order valence-electron chi connectivity index (χ2n) is 11.8. The molecule has 6 rings (SSSR count). The van der Waals surface area contributed by atoms with Gasteiger partial charge in [0, 0.05) is 48.0 Å². The minimum absolute atomic E-state index is 0.0144. The number of carboxylic acid groups (broad SMARTS) is 1. The van der Waals surface area contributed by atoms with E-state index in [0.717, 1.165) is 86.1 Å². The number of aryl methyl sites for hydroxylation is 2. The van der Waals surface area contributed by atoms with Crippen LogP contribution in [0.25, 0.3) is 33.1 Å². The maximum Gasteiger partial charge on any atom is 0.335 e. The highest BCUT2D eigenvalue weighted by molar-refractivity contribution is 6.06. The standard InChI is InChI=1S/C34H42N4O3/c1-3-17-36(4-2)20-16-35-33(39)29-21-24-12-8-13-27-31(24)38(29)19-9-18-37-28-22-25(34(40)41)14-15-26(28)30(32(27)37)23-10-6-5-7-11-23/h8,12-15,21-23H,3-7,9-11,16-20H2,1-2H3,(H,35,39)(H,40,41). The molecular formula is C34H42N4O3. The van der Waals surface area contributed by atoms with E-state index in [1.807, 2.05) is 12.1 Å². The number of carboxylic acids is 1. The fourth-order valence-corrected chi connectivity index (χ4v) is 7.32. The summed E-state index contributed by atoms with van der Waals surface area (Å²) in [5.74, 6) is -0.459. The lowest BCUT2D eigenvalue weighted by Crippen LogP contribution is -2.36. The summed E-state index contributed by atoms with van der Waals surface area (Å²) in [7, 11) is 0. The average molecular weight is 555 g/mol. The van der Waals surface area contributed by atoms with E-state index in [4.69, 9.17) is 0 Å². The number of hydrogen-bond acceptors (Lipinski definition) is 3. The first-order valence-corrected chi connectivity index (χ1v) is 15.5. The molecule has 2 aromatic heterocycles. The van der Waals surface area contributed by atoms with Crippen molar-refractivity contribution in [1.29, 1.82) is 0 Å². The maximum atomic E-state index is 13.5. The molecule has 2 N–H and O–H groups in total. The second-order valence-corrected chi connectivity index (χ2v) is 11.8. The average Bonchev–Trinajstić information content (AvgIpc) is 3.51. The Morgan fingerprint density at radius 3 is 2.54 bits per heavy atom. The van der Waals surface area contributed by atoms with Gasteiger partial charge in [-0.3, -0.25) is 4.79 Å². The molecule has 2 aromatic carbocycles. The Morgan fingerprint density at radius 2 is 1.78 bits per heavy atom. The quantitative estimate of drug-likeness (QED) is 0.237. The minimum Gasteiger partial charge on any atom is -0.478 e. The number of nitrogens with one attached hydrogen (secondary N) is 1. The molecule has 7 heteroatoms. The molecule has 1 saturated carbocycles. The number of rotatable bonds is 9. The van der Waals surface area contributed by atoms with E-state index in [9.17, 15) is 14.7 Å². The summed E-state index contributed by atoms with van der Waals surface area (Å²) in [4.78, 5) is 27.9. The van der Waals surface area contributed by atoms with Gasteiger partial charge >= 0.3 is 5.97 Å². The van der Waals surface area contributed by atoms with Crippen LogP contribution in [-0.2, 0) is 13.1 Å². The van der Waals surface area contributed by atoms with Crippen molar-refractivity contribution in [2.24, 2.45) is 0 Å². The zero-order valence-corrected chi connectivity index (χ0v) is 24.4. The van der Waals surface area contributed by atoms with Crippen molar-refractivity contribution in [3.05, 3.63) is 59.3 Å². The molecule has 7 nitrogen and oxygen atoms in total. The van der Waals surface area contributed by atoms with Crippen LogP contribution >= 0.6 is 0 Å². The van der Waals surface area contributed by atoms with Crippen LogP contribution in [0.15, 0.2) is 42.5 Å². The van der Waals surface area contributed by atoms with Gasteiger partial charge in [0.25, 0.3) is 5.91 Å². The highest BCUT2D eigenvalue weighted by Gasteiger charge is 2.30. The van der Waals surface area contributed by atoms with E-state index in [1.54, 1.807) is 6.07 Å². The van der Waals surface area contributed by atoms with Crippen molar-refractivity contribution in [2.45, 2.75) is 77.8 Å². The number of carbonyl (C=O) groups is 2. The van der Waals surface area contributed by atoms with Crippen LogP contribution in [0.3, 0.4) is 0 Å². The topological polar surface area (TPSA) is 79.5 Å². The molecule has 0 unspecified atom stereocenters. The van der Waals surface area contributed by atoms with Gasteiger partial charge in [0.05, 0.1) is 16.8 Å². The SMILES string of the molecule is CCCN(CC)CCNC(=O)c1cc2cccc3c2n1CCCn1c-3c(C2CCCCC2)c2ccc(C(=O)O)cc21. The smallest absolute Gasteiger partial charge is 0.335 e. The number of aromatic nitrogens is 2. The molecule has 0 spiro atoms. The number of nitrogens with zero attached hydrogens (tertiary/aromatic N) is 3. The van der Waals surface area contributed by atoms with E-state index >= 15 is 0 Å². The van der Waals surface area contributed by atoms with E-state index in [0.29, 0.717) is 18.0 Å². The lowest BCUT2D eigenvalue weighted by molar-refractivity contribution is 0.0696. The summed E-state index contributed by atoms with van der Waals surface area (Å²) in [5.41, 5.74) is 6.90. The molecule has 1 fully saturated rings. The summed E-state index contributed by atoms with van der Waals surface area (Å²) >= 11 is 0. The summed E-state index contributed by atoms with van der Waals surface area (Å²) in [6.07, 6.45) is 8.01. The number of fused-ring (bicyclic) bond motifs is 4. The zero-order valence-electron chi connectivity index (χ0n) is 24.4. The second kappa shape index (κ2) is 11.7. The van der Waals surface area contributed by atoms with Gasteiger partial charge in [-0.05, 0) is 68.5 Å². The Labute approximate surface area is 242 Å². The fraction of sp³-hybridized carbons (Fsp3) is 0.471. The highest BCUT2D eigenvalue weighted by atomic mass is 16.4. The monoisotopic (exact) mass is 554 g/mol. The molecule has 0 bridgehead atoms. The van der Waals surface area contributed by atoms with Gasteiger partial charge in [-0.1, -0.05) is 57.4 Å². The molecule has 1 aliphatic carbocycles. The molecule has 41 heavy (non-hydrogen) atoms. The Morgan fingerprint density at radius 1 is 0.976 bits per heavy atom. The predicted octanol–water partition coefficient (Wildman–Crippen LogP) is 6.87. The number of likely N-dealkylation sites (N-methyl/N-ethyl adjacent to an activating group) is 1. The molecule has 3 heterocycles. The van der Waals surface area contributed by atoms with Crippen LogP contribution in [0.5, 0.6) is 0 Å². The van der Waals surface area contributed by atoms with Gasteiger partial charge in [-0.25, -0.2) is 4.79 Å². The number of carbonyl (C=O) groups excluding carboxylic acids is 1. The Bertz CT molecular complexity index is 1590. The van der Waals surface area contributed by atoms with Gasteiger partial charge < -0.3 is 24.5 Å². The van der Waals surface area contributed by atoms with E-state index in [1.165, 1.54) is 35.9 Å². The predicted molar refractivity (Wildman–Crippen MR) is 165 cm³/mol. The van der Waals surface area contributed by atoms with Crippen LogP contribution in [0, 0.1) is 0 Å². The van der Waals surface area contributed by atoms with Crippen LogP contribution in [0.1, 0.15) is 91.1 Å². The van der Waals surface area contributed by atoms with Crippen molar-refractivity contribution in [2.75, 3.05) is 26.2 Å². The third kappa shape index (κ3) is 5.05. The first-order chi connectivity index (χ1) is 20.0. The molecule has 2 aliphatic rings. The number of benzene rings is 2. The Kier molecular flexibility index (Phi) is 7.89. The summed E-state index contributed by atoms with van der Waals surface area (Å²) < 4.78 is 4.61. The molecular weight excluding hydrogens is 512 g/mol. The molecule has 4 aromatic rings. The largest absolute Gasteiger partial charge is 0.478 e. The molecule has 0 atom stereocenters. The molecule has 1 aliphatic heterocycles. The maximum absolute atomic E-state index is 13.5. The molecule has 1 amide bonds. The summed E-state index contributed by atoms with van der Waals surface area (Å²) in [6, 6.07) is 14.1. The van der Waals surface area contributed by atoms with Gasteiger partial charge in [-0.15, -0.1) is 0 Å². The number of aromatic carboxylic acids is 1. The number of hydrogen-bond donors (Lipinski definition) is 2. The van der Waals surface area contributed by atoms with Gasteiger partial charge in [-0.2, -0.15) is 0 Å². The third-order valence-corrected chi connectivity index (χ3v) is 9.24. The van der Waals surface area contributed by atoms with Crippen LogP contribution in [-0.4, -0.2) is 57.2 Å². The van der Waals surface area contributed by atoms with Crippen molar-refractivity contribution < 1.29 is 14.7 Å². The first kappa shape index (κ1) is 27.6. The lowest BCUT2D eigenvalue weighted by atomic mass is 9.81. The van der Waals surface area contributed by atoms with Crippen molar-refractivity contribution in [1.82, 2.24) is 19.4 Å². The van der Waals surface area contributed by atoms with E-state index in [-0.39, 0.29) is 5.91 Å². The van der Waals surface area contributed by atoms with Gasteiger partial charge in [0.1, 0.15) is 5.69 Å². The van der Waals surface area contributed by atoms with Gasteiger partial charge in [0.15, 0.2) is 0 Å². The van der Waals surface area contributed by atoms with E-state index < -0.39 is 5.97 Å².